The molecule has 1 unspecified atom stereocenters. The molecule has 23 heavy (non-hydrogen) atoms. The van der Waals surface area contributed by atoms with Crippen molar-refractivity contribution in [2.45, 2.75) is 17.8 Å². The second kappa shape index (κ2) is 10.6. The average Bonchev–Trinajstić information content (AvgIpc) is 2.52. The van der Waals surface area contributed by atoms with Crippen LogP contribution in [0, 0.1) is 0 Å². The van der Waals surface area contributed by atoms with Crippen molar-refractivity contribution in [1.82, 2.24) is 0 Å². The third-order valence-corrected chi connectivity index (χ3v) is 8.91. The molecule has 0 aliphatic heterocycles. The summed E-state index contributed by atoms with van der Waals surface area (Å²) in [6.07, 6.45) is 0. The molecule has 1 aromatic rings. The predicted octanol–water partition coefficient (Wildman–Crippen LogP) is 0.261. The molecule has 0 radical (unpaired) electrons. The van der Waals surface area contributed by atoms with Crippen molar-refractivity contribution < 1.29 is 27.6 Å². The van der Waals surface area contributed by atoms with E-state index in [2.05, 4.69) is 34.1 Å². The second-order valence-electron chi connectivity index (χ2n) is 4.74. The Kier molecular flexibility index (Phi) is 9.53. The zero-order chi connectivity index (χ0) is 17.3. The van der Waals surface area contributed by atoms with Gasteiger partial charge < -0.3 is 0 Å². The van der Waals surface area contributed by atoms with E-state index in [1.165, 1.54) is 9.56 Å². The molecule has 0 aliphatic carbocycles. The van der Waals surface area contributed by atoms with Crippen LogP contribution in [0.5, 0.6) is 0 Å². The Morgan fingerprint density at radius 2 is 1.91 bits per heavy atom. The predicted molar refractivity (Wildman–Crippen MR) is 89.6 cm³/mol. The maximum absolute atomic E-state index is 10.9. The van der Waals surface area contributed by atoms with Crippen LogP contribution >= 0.6 is 12.0 Å². The molecule has 1 rings (SSSR count). The summed E-state index contributed by atoms with van der Waals surface area (Å²) in [5.74, 6) is -0.0810. The standard InChI is InChI=1S/C13H22AsNO6S2/c1-3-14(2)12-4-6-13(7-5-12)15(8-10-22-21-20-16)9-11-23(17,18)19/h4-7,16H,3,8-11H2,1-2H3,(H,17,18,19)/p-2. The summed E-state index contributed by atoms with van der Waals surface area (Å²) in [6.45, 7) is 2.68. The van der Waals surface area contributed by atoms with E-state index in [0.29, 0.717) is 12.3 Å². The summed E-state index contributed by atoms with van der Waals surface area (Å²) in [5, 5.41) is 14.2. The summed E-state index contributed by atoms with van der Waals surface area (Å²) in [7, 11) is -4.29. The first-order valence-electron chi connectivity index (χ1n) is 6.95. The van der Waals surface area contributed by atoms with E-state index in [1.807, 2.05) is 12.1 Å². The van der Waals surface area contributed by atoms with Crippen molar-refractivity contribution >= 4 is 46.9 Å². The summed E-state index contributed by atoms with van der Waals surface area (Å²) in [5.41, 5.74) is 3.11. The maximum atomic E-state index is 10.9. The first kappa shape index (κ1) is 20.8. The first-order chi connectivity index (χ1) is 10.9. The summed E-state index contributed by atoms with van der Waals surface area (Å²) in [6, 6.07) is 7.98. The number of hydrogen-bond acceptors (Lipinski definition) is 8. The van der Waals surface area contributed by atoms with E-state index in [9.17, 15) is 18.2 Å². The Labute approximate surface area is 146 Å². The molecule has 0 heterocycles. The van der Waals surface area contributed by atoms with Crippen LogP contribution in [-0.2, 0) is 19.5 Å². The molecule has 0 aliphatic rings. The van der Waals surface area contributed by atoms with Gasteiger partial charge in [0.1, 0.15) is 0 Å². The van der Waals surface area contributed by atoms with Gasteiger partial charge in [-0.3, -0.25) is 0 Å². The van der Waals surface area contributed by atoms with Crippen molar-refractivity contribution in [3.63, 3.8) is 0 Å². The molecule has 0 spiro atoms. The molecular weight excluding hydrogens is 405 g/mol. The zero-order valence-corrected chi connectivity index (χ0v) is 16.5. The molecule has 0 saturated carbocycles. The van der Waals surface area contributed by atoms with Crippen molar-refractivity contribution in [1.29, 1.82) is 0 Å². The van der Waals surface area contributed by atoms with Gasteiger partial charge in [-0.15, -0.1) is 0 Å². The number of benzene rings is 1. The monoisotopic (exact) mass is 425 g/mol. The number of rotatable bonds is 11. The van der Waals surface area contributed by atoms with E-state index in [-0.39, 0.29) is 6.54 Å². The van der Waals surface area contributed by atoms with Gasteiger partial charge in [-0.2, -0.15) is 0 Å². The van der Waals surface area contributed by atoms with Crippen LogP contribution in [0.3, 0.4) is 0 Å². The van der Waals surface area contributed by atoms with Crippen molar-refractivity contribution in [2.75, 3.05) is 29.5 Å². The van der Waals surface area contributed by atoms with Crippen LogP contribution in [-0.4, -0.2) is 52.2 Å². The van der Waals surface area contributed by atoms with E-state index < -0.39 is 30.5 Å². The molecule has 0 aromatic heterocycles. The van der Waals surface area contributed by atoms with Crippen molar-refractivity contribution in [3.8, 4) is 0 Å². The van der Waals surface area contributed by atoms with Gasteiger partial charge in [0, 0.05) is 0 Å². The molecule has 0 N–H and O–H groups in total. The van der Waals surface area contributed by atoms with E-state index in [1.54, 1.807) is 4.90 Å². The van der Waals surface area contributed by atoms with Gasteiger partial charge in [0.05, 0.1) is 0 Å². The number of nitrogens with zero attached hydrogens (tertiary/aromatic N) is 1. The molecule has 7 nitrogen and oxygen atoms in total. The van der Waals surface area contributed by atoms with Crippen LogP contribution in [0.25, 0.3) is 0 Å². The molecule has 0 saturated heterocycles. The second-order valence-corrected chi connectivity index (χ2v) is 12.4. The van der Waals surface area contributed by atoms with Gasteiger partial charge in [-0.05, 0) is 0 Å². The Bertz CT molecular complexity index is 554. The fraction of sp³-hybridized carbons (Fsp3) is 0.538. The minimum atomic E-state index is -4.29. The molecule has 1 atom stereocenters. The Hall–Kier alpha value is -0.282. The van der Waals surface area contributed by atoms with Gasteiger partial charge >= 0.3 is 146 Å². The van der Waals surface area contributed by atoms with Gasteiger partial charge in [0.25, 0.3) is 0 Å². The Balaban J connectivity index is 2.76. The zero-order valence-electron chi connectivity index (χ0n) is 13.0. The number of anilines is 1. The Morgan fingerprint density at radius 3 is 2.43 bits per heavy atom. The van der Waals surface area contributed by atoms with E-state index >= 15 is 0 Å². The summed E-state index contributed by atoms with van der Waals surface area (Å²) in [4.78, 5) is 1.78. The van der Waals surface area contributed by atoms with Crippen molar-refractivity contribution in [3.05, 3.63) is 24.3 Å². The molecule has 0 fully saturated rings. The molecule has 0 amide bonds. The first-order valence-corrected chi connectivity index (χ1v) is 13.6. The van der Waals surface area contributed by atoms with E-state index in [4.69, 9.17) is 0 Å². The molecule has 10 heteroatoms. The third kappa shape index (κ3) is 8.39. The van der Waals surface area contributed by atoms with Crippen LogP contribution in [0.1, 0.15) is 6.92 Å². The van der Waals surface area contributed by atoms with Gasteiger partial charge in [-0.1, -0.05) is 0 Å². The number of hydrogen-bond donors (Lipinski definition) is 0. The quantitative estimate of drug-likeness (QED) is 0.124. The van der Waals surface area contributed by atoms with Gasteiger partial charge in [0.2, 0.25) is 0 Å². The third-order valence-electron chi connectivity index (χ3n) is 3.26. The van der Waals surface area contributed by atoms with Gasteiger partial charge in [0.15, 0.2) is 0 Å². The van der Waals surface area contributed by atoms with Crippen LogP contribution in [0.15, 0.2) is 24.3 Å². The van der Waals surface area contributed by atoms with Crippen LogP contribution < -0.4 is 14.5 Å². The molecule has 1 aromatic carbocycles. The molecule has 0 bridgehead atoms. The fourth-order valence-corrected chi connectivity index (χ4v) is 4.89. The van der Waals surface area contributed by atoms with Crippen LogP contribution in [0.2, 0.25) is 10.9 Å². The molecule has 132 valence electrons. The summed E-state index contributed by atoms with van der Waals surface area (Å²) < 4.78 is 38.1. The summed E-state index contributed by atoms with van der Waals surface area (Å²) >= 11 is -0.150. The SMILES string of the molecule is CC[As](C)c1ccc(N(CCSOO[O-])CCS(=O)(=O)[O-])cc1. The topological polar surface area (TPSA) is 102 Å². The normalized spacial score (nSPS) is 13.0. The Morgan fingerprint density at radius 1 is 1.26 bits per heavy atom. The van der Waals surface area contributed by atoms with Gasteiger partial charge in [-0.25, -0.2) is 0 Å². The van der Waals surface area contributed by atoms with Crippen molar-refractivity contribution in [2.24, 2.45) is 0 Å². The molecular formula is C13H20AsNO6S2-2. The average molecular weight is 425 g/mol. The van der Waals surface area contributed by atoms with E-state index in [0.717, 1.165) is 17.7 Å². The fourth-order valence-electron chi connectivity index (χ4n) is 1.89. The van der Waals surface area contributed by atoms with Crippen LogP contribution in [0.4, 0.5) is 5.69 Å². The minimum absolute atomic E-state index is 0.0886.